The number of aryl methyl sites for hydroxylation is 1. The van der Waals surface area contributed by atoms with Gasteiger partial charge in [0.1, 0.15) is 10.8 Å². The molecule has 0 bridgehead atoms. The van der Waals surface area contributed by atoms with Crippen LogP contribution in [0.1, 0.15) is 20.8 Å². The fourth-order valence-corrected chi connectivity index (χ4v) is 2.71. The van der Waals surface area contributed by atoms with Gasteiger partial charge in [-0.3, -0.25) is 4.79 Å². The highest BCUT2D eigenvalue weighted by atomic mass is 32.1. The summed E-state index contributed by atoms with van der Waals surface area (Å²) in [5.74, 6) is -1.30. The highest BCUT2D eigenvalue weighted by Gasteiger charge is 2.16. The van der Waals surface area contributed by atoms with Crippen LogP contribution in [0, 0.1) is 6.92 Å². The minimum absolute atomic E-state index is 0.0738. The number of phenolic OH excluding ortho intramolecular Hbond substituents is 1. The summed E-state index contributed by atoms with van der Waals surface area (Å²) in [6, 6.07) is 7.91. The molecule has 0 saturated carbocycles. The number of phenols is 1. The number of carboxylic acids is 1. The maximum atomic E-state index is 11.9. The van der Waals surface area contributed by atoms with Gasteiger partial charge >= 0.3 is 5.97 Å². The highest BCUT2D eigenvalue weighted by Crippen LogP contribution is 2.27. The largest absolute Gasteiger partial charge is 0.508 e. The molecule has 0 unspecified atom stereocenters. The molecular weight excluding hydrogens is 278 g/mol. The Morgan fingerprint density at radius 2 is 2.05 bits per heavy atom. The summed E-state index contributed by atoms with van der Waals surface area (Å²) in [4.78, 5) is 23.8. The van der Waals surface area contributed by atoms with Gasteiger partial charge in [-0.15, -0.1) is 11.3 Å². The molecule has 1 aromatic heterocycles. The molecule has 0 radical (unpaired) electrons. The van der Waals surface area contributed by atoms with E-state index in [1.165, 1.54) is 29.5 Å². The summed E-state index contributed by atoms with van der Waals surface area (Å²) in [6.45, 7) is 1.78. The quantitative estimate of drug-likeness (QED) is 0.808. The molecule has 0 aliphatic rings. The van der Waals surface area contributed by atoms with Crippen molar-refractivity contribution in [3.8, 4) is 5.75 Å². The van der Waals surface area contributed by atoms with Crippen LogP contribution in [-0.2, 0) is 11.2 Å². The molecule has 1 aromatic carbocycles. The molecule has 0 aliphatic carbocycles. The lowest BCUT2D eigenvalue weighted by Crippen LogP contribution is -2.15. The molecule has 0 spiro atoms. The molecule has 0 atom stereocenters. The number of carbonyl (C=O) groups is 2. The normalized spacial score (nSPS) is 10.2. The van der Waals surface area contributed by atoms with Gasteiger partial charge in [-0.1, -0.05) is 12.1 Å². The Hall–Kier alpha value is -2.34. The fraction of sp³-hybridized carbons (Fsp3) is 0.143. The van der Waals surface area contributed by atoms with E-state index in [9.17, 15) is 14.7 Å². The Morgan fingerprint density at radius 3 is 2.70 bits per heavy atom. The molecule has 0 saturated heterocycles. The summed E-state index contributed by atoms with van der Waals surface area (Å²) in [7, 11) is 0. The van der Waals surface area contributed by atoms with Crippen molar-refractivity contribution in [1.29, 1.82) is 0 Å². The smallest absolute Gasteiger partial charge is 0.338 e. The van der Waals surface area contributed by atoms with Gasteiger partial charge in [0.15, 0.2) is 0 Å². The Labute approximate surface area is 119 Å². The number of hydrogen-bond donors (Lipinski definition) is 3. The van der Waals surface area contributed by atoms with Crippen molar-refractivity contribution in [2.75, 3.05) is 5.32 Å². The Balaban J connectivity index is 2.10. The van der Waals surface area contributed by atoms with E-state index >= 15 is 0 Å². The van der Waals surface area contributed by atoms with Crippen molar-refractivity contribution < 1.29 is 19.8 Å². The molecular formula is C14H13NO4S. The second-order valence-corrected chi connectivity index (χ2v) is 5.56. The van der Waals surface area contributed by atoms with Crippen molar-refractivity contribution in [2.24, 2.45) is 0 Å². The zero-order valence-corrected chi connectivity index (χ0v) is 11.5. The number of aromatic hydroxyl groups is 1. The van der Waals surface area contributed by atoms with Crippen molar-refractivity contribution in [2.45, 2.75) is 13.3 Å². The minimum atomic E-state index is -1.07. The van der Waals surface area contributed by atoms with Crippen LogP contribution in [0.25, 0.3) is 0 Å². The van der Waals surface area contributed by atoms with E-state index in [-0.39, 0.29) is 23.6 Å². The van der Waals surface area contributed by atoms with Crippen LogP contribution in [0.3, 0.4) is 0 Å². The molecule has 0 aliphatic heterocycles. The highest BCUT2D eigenvalue weighted by molar-refractivity contribution is 7.16. The van der Waals surface area contributed by atoms with E-state index in [1.54, 1.807) is 19.1 Å². The third kappa shape index (κ3) is 3.36. The molecule has 6 heteroatoms. The lowest BCUT2D eigenvalue weighted by atomic mass is 10.1. The number of nitrogens with one attached hydrogen (secondary N) is 1. The first-order valence-corrected chi connectivity index (χ1v) is 6.69. The number of carbonyl (C=O) groups excluding carboxylic acids is 1. The van der Waals surface area contributed by atoms with Crippen LogP contribution in [0.5, 0.6) is 5.75 Å². The first-order valence-electron chi connectivity index (χ1n) is 5.87. The lowest BCUT2D eigenvalue weighted by molar-refractivity contribution is -0.115. The van der Waals surface area contributed by atoms with Crippen molar-refractivity contribution in [3.63, 3.8) is 0 Å². The lowest BCUT2D eigenvalue weighted by Gasteiger charge is -2.04. The number of benzene rings is 1. The molecule has 1 heterocycles. The van der Waals surface area contributed by atoms with Crippen molar-refractivity contribution >= 4 is 28.2 Å². The molecule has 2 aromatic rings. The molecule has 104 valence electrons. The molecule has 2 rings (SSSR count). The number of amides is 1. The summed E-state index contributed by atoms with van der Waals surface area (Å²) < 4.78 is 0. The van der Waals surface area contributed by atoms with Gasteiger partial charge in [-0.2, -0.15) is 0 Å². The van der Waals surface area contributed by atoms with Gasteiger partial charge in [0, 0.05) is 4.88 Å². The molecule has 5 nitrogen and oxygen atoms in total. The minimum Gasteiger partial charge on any atom is -0.508 e. The molecule has 0 fully saturated rings. The van der Waals surface area contributed by atoms with Gasteiger partial charge < -0.3 is 15.5 Å². The predicted molar refractivity (Wildman–Crippen MR) is 76.5 cm³/mol. The zero-order valence-electron chi connectivity index (χ0n) is 10.7. The number of anilines is 1. The molecule has 3 N–H and O–H groups in total. The predicted octanol–water partition coefficient (Wildman–Crippen LogP) is 2.64. The number of carboxylic acid groups (broad SMARTS) is 1. The Morgan fingerprint density at radius 1 is 1.30 bits per heavy atom. The maximum Gasteiger partial charge on any atom is 0.338 e. The third-order valence-corrected chi connectivity index (χ3v) is 3.58. The first-order chi connectivity index (χ1) is 9.45. The summed E-state index contributed by atoms with van der Waals surface area (Å²) in [5, 5.41) is 21.3. The van der Waals surface area contributed by atoms with Crippen LogP contribution < -0.4 is 5.32 Å². The number of hydrogen-bond acceptors (Lipinski definition) is 4. The SMILES string of the molecule is Cc1cc(C(=O)O)c(NC(=O)Cc2cccc(O)c2)s1. The van der Waals surface area contributed by atoms with Crippen LogP contribution in [-0.4, -0.2) is 22.1 Å². The van der Waals surface area contributed by atoms with E-state index in [2.05, 4.69) is 5.32 Å². The van der Waals surface area contributed by atoms with E-state index < -0.39 is 5.97 Å². The first kappa shape index (κ1) is 14.1. The standard InChI is InChI=1S/C14H13NO4S/c1-8-5-11(14(18)19)13(20-8)15-12(17)7-9-3-2-4-10(16)6-9/h2-6,16H,7H2,1H3,(H,15,17)(H,18,19). The summed E-state index contributed by atoms with van der Waals surface area (Å²) >= 11 is 1.22. The van der Waals surface area contributed by atoms with E-state index in [1.807, 2.05) is 0 Å². The second kappa shape index (κ2) is 5.75. The van der Waals surface area contributed by atoms with Gasteiger partial charge in [0.2, 0.25) is 5.91 Å². The van der Waals surface area contributed by atoms with Crippen molar-refractivity contribution in [3.05, 3.63) is 46.3 Å². The van der Waals surface area contributed by atoms with Crippen LogP contribution in [0.2, 0.25) is 0 Å². The second-order valence-electron chi connectivity index (χ2n) is 4.30. The molecule has 20 heavy (non-hydrogen) atoms. The Bertz CT molecular complexity index is 663. The third-order valence-electron chi connectivity index (χ3n) is 2.61. The molecule has 1 amide bonds. The van der Waals surface area contributed by atoms with E-state index in [0.717, 1.165) is 4.88 Å². The van der Waals surface area contributed by atoms with Crippen LogP contribution >= 0.6 is 11.3 Å². The average Bonchev–Trinajstić information content (AvgIpc) is 2.70. The number of rotatable bonds is 4. The fourth-order valence-electron chi connectivity index (χ4n) is 1.79. The van der Waals surface area contributed by atoms with E-state index in [4.69, 9.17) is 5.11 Å². The average molecular weight is 291 g/mol. The van der Waals surface area contributed by atoms with Crippen LogP contribution in [0.15, 0.2) is 30.3 Å². The zero-order chi connectivity index (χ0) is 14.7. The van der Waals surface area contributed by atoms with Crippen molar-refractivity contribution in [1.82, 2.24) is 0 Å². The van der Waals surface area contributed by atoms with Crippen LogP contribution in [0.4, 0.5) is 5.00 Å². The Kier molecular flexibility index (Phi) is 4.05. The summed E-state index contributed by atoms with van der Waals surface area (Å²) in [5.41, 5.74) is 0.754. The summed E-state index contributed by atoms with van der Waals surface area (Å²) in [6.07, 6.45) is 0.0738. The number of aromatic carboxylic acids is 1. The number of thiophene rings is 1. The van der Waals surface area contributed by atoms with Gasteiger partial charge in [0.05, 0.1) is 12.0 Å². The topological polar surface area (TPSA) is 86.6 Å². The monoisotopic (exact) mass is 291 g/mol. The van der Waals surface area contributed by atoms with Gasteiger partial charge in [-0.05, 0) is 30.7 Å². The van der Waals surface area contributed by atoms with E-state index in [0.29, 0.717) is 10.6 Å². The maximum absolute atomic E-state index is 11.9. The van der Waals surface area contributed by atoms with Gasteiger partial charge in [-0.25, -0.2) is 4.79 Å². The van der Waals surface area contributed by atoms with Gasteiger partial charge in [0.25, 0.3) is 0 Å².